The fraction of sp³-hybridized carbons (Fsp3) is 0.538. The van der Waals surface area contributed by atoms with E-state index in [4.69, 9.17) is 10.9 Å². The molecule has 0 spiro atoms. The van der Waals surface area contributed by atoms with Gasteiger partial charge in [0.15, 0.2) is 5.84 Å². The third-order valence-corrected chi connectivity index (χ3v) is 3.59. The zero-order valence-corrected chi connectivity index (χ0v) is 10.7. The summed E-state index contributed by atoms with van der Waals surface area (Å²) in [6.45, 7) is 0. The molecule has 5 nitrogen and oxygen atoms in total. The highest BCUT2D eigenvalue weighted by atomic mass is 16.4. The summed E-state index contributed by atoms with van der Waals surface area (Å²) in [5, 5.41) is 11.7. The lowest BCUT2D eigenvalue weighted by molar-refractivity contribution is 0.318. The molecule has 0 bridgehead atoms. The number of hydrogen-bond acceptors (Lipinski definition) is 4. The number of oxime groups is 1. The molecule has 18 heavy (non-hydrogen) atoms. The van der Waals surface area contributed by atoms with Crippen LogP contribution in [0.5, 0.6) is 0 Å². The van der Waals surface area contributed by atoms with Crippen LogP contribution in [0.4, 0.5) is 5.82 Å². The van der Waals surface area contributed by atoms with Crippen molar-refractivity contribution in [2.24, 2.45) is 10.9 Å². The second kappa shape index (κ2) is 5.71. The smallest absolute Gasteiger partial charge is 0.188 e. The van der Waals surface area contributed by atoms with Crippen molar-refractivity contribution in [2.75, 3.05) is 11.9 Å². The summed E-state index contributed by atoms with van der Waals surface area (Å²) in [7, 11) is 2.06. The Morgan fingerprint density at radius 3 is 2.78 bits per heavy atom. The summed E-state index contributed by atoms with van der Waals surface area (Å²) in [4.78, 5) is 6.63. The van der Waals surface area contributed by atoms with Gasteiger partial charge in [-0.05, 0) is 25.0 Å². The van der Waals surface area contributed by atoms with E-state index in [0.29, 0.717) is 11.7 Å². The highest BCUT2D eigenvalue weighted by Crippen LogP contribution is 2.24. The summed E-state index contributed by atoms with van der Waals surface area (Å²) in [6, 6.07) is 6.14. The first kappa shape index (κ1) is 12.7. The van der Waals surface area contributed by atoms with Crippen LogP contribution < -0.4 is 10.6 Å². The first-order valence-corrected chi connectivity index (χ1v) is 6.40. The summed E-state index contributed by atoms with van der Waals surface area (Å²) < 4.78 is 0. The van der Waals surface area contributed by atoms with Crippen LogP contribution in [0.3, 0.4) is 0 Å². The molecule has 1 aromatic rings. The molecule has 1 aliphatic carbocycles. The van der Waals surface area contributed by atoms with E-state index in [1.54, 1.807) is 6.07 Å². The standard InChI is InChI=1S/C13H20N4O/c1-17(10-6-3-2-4-7-10)12-9-5-8-11(15-12)13(14)16-18/h5,8-10,18H,2-4,6-7H2,1H3,(H2,14,16). The fourth-order valence-corrected chi connectivity index (χ4v) is 2.47. The molecule has 0 saturated heterocycles. The van der Waals surface area contributed by atoms with E-state index < -0.39 is 0 Å². The molecule has 0 unspecified atom stereocenters. The molecule has 1 saturated carbocycles. The number of nitrogens with zero attached hydrogens (tertiary/aromatic N) is 3. The Labute approximate surface area is 107 Å². The molecule has 1 heterocycles. The maximum absolute atomic E-state index is 8.68. The summed E-state index contributed by atoms with van der Waals surface area (Å²) in [5.41, 5.74) is 6.07. The Balaban J connectivity index is 2.16. The number of anilines is 1. The molecule has 5 heteroatoms. The summed E-state index contributed by atoms with van der Waals surface area (Å²) in [6.07, 6.45) is 6.34. The molecule has 1 fully saturated rings. The third kappa shape index (κ3) is 2.72. The number of amidine groups is 1. The monoisotopic (exact) mass is 248 g/mol. The van der Waals surface area contributed by atoms with E-state index in [-0.39, 0.29) is 5.84 Å². The first-order valence-electron chi connectivity index (χ1n) is 6.40. The van der Waals surface area contributed by atoms with Crippen molar-refractivity contribution in [3.05, 3.63) is 23.9 Å². The molecule has 1 aromatic heterocycles. The average molecular weight is 248 g/mol. The molecule has 0 amide bonds. The van der Waals surface area contributed by atoms with Gasteiger partial charge in [-0.15, -0.1) is 0 Å². The van der Waals surface area contributed by atoms with E-state index in [1.165, 1.54) is 32.1 Å². The van der Waals surface area contributed by atoms with Crippen molar-refractivity contribution in [3.8, 4) is 0 Å². The van der Waals surface area contributed by atoms with Gasteiger partial charge in [-0.1, -0.05) is 30.5 Å². The van der Waals surface area contributed by atoms with Crippen LogP contribution in [-0.2, 0) is 0 Å². The Bertz CT molecular complexity index is 427. The lowest BCUT2D eigenvalue weighted by Gasteiger charge is -2.32. The van der Waals surface area contributed by atoms with Gasteiger partial charge in [-0.25, -0.2) is 4.98 Å². The van der Waals surface area contributed by atoms with Crippen molar-refractivity contribution in [3.63, 3.8) is 0 Å². The topological polar surface area (TPSA) is 74.7 Å². The van der Waals surface area contributed by atoms with Crippen molar-refractivity contribution >= 4 is 11.7 Å². The van der Waals surface area contributed by atoms with Crippen LogP contribution in [0, 0.1) is 0 Å². The minimum Gasteiger partial charge on any atom is -0.409 e. The van der Waals surface area contributed by atoms with Gasteiger partial charge >= 0.3 is 0 Å². The maximum atomic E-state index is 8.68. The van der Waals surface area contributed by atoms with E-state index in [9.17, 15) is 0 Å². The molecule has 98 valence electrons. The van der Waals surface area contributed by atoms with Crippen molar-refractivity contribution < 1.29 is 5.21 Å². The Hall–Kier alpha value is -1.78. The van der Waals surface area contributed by atoms with Gasteiger partial charge in [0.25, 0.3) is 0 Å². The Morgan fingerprint density at radius 2 is 2.11 bits per heavy atom. The van der Waals surface area contributed by atoms with E-state index in [0.717, 1.165) is 5.82 Å². The van der Waals surface area contributed by atoms with Crippen LogP contribution >= 0.6 is 0 Å². The van der Waals surface area contributed by atoms with Crippen molar-refractivity contribution in [1.29, 1.82) is 0 Å². The molecule has 1 aliphatic rings. The van der Waals surface area contributed by atoms with Gasteiger partial charge in [0.2, 0.25) is 0 Å². The number of pyridine rings is 1. The van der Waals surface area contributed by atoms with Crippen molar-refractivity contribution in [2.45, 2.75) is 38.1 Å². The molecule has 0 aromatic carbocycles. The quantitative estimate of drug-likeness (QED) is 0.371. The largest absolute Gasteiger partial charge is 0.409 e. The van der Waals surface area contributed by atoms with Crippen LogP contribution in [0.15, 0.2) is 23.4 Å². The van der Waals surface area contributed by atoms with Gasteiger partial charge in [0.1, 0.15) is 11.5 Å². The lowest BCUT2D eigenvalue weighted by Crippen LogP contribution is -2.34. The zero-order valence-electron chi connectivity index (χ0n) is 10.7. The molecule has 2 rings (SSSR count). The van der Waals surface area contributed by atoms with Gasteiger partial charge in [-0.3, -0.25) is 0 Å². The lowest BCUT2D eigenvalue weighted by atomic mass is 9.94. The number of rotatable bonds is 3. The summed E-state index contributed by atoms with van der Waals surface area (Å²) >= 11 is 0. The predicted molar refractivity (Wildman–Crippen MR) is 72.0 cm³/mol. The predicted octanol–water partition coefficient (Wildman–Crippen LogP) is 1.94. The third-order valence-electron chi connectivity index (χ3n) is 3.59. The van der Waals surface area contributed by atoms with E-state index in [1.807, 2.05) is 12.1 Å². The van der Waals surface area contributed by atoms with Crippen LogP contribution in [0.25, 0.3) is 0 Å². The van der Waals surface area contributed by atoms with Gasteiger partial charge in [0, 0.05) is 13.1 Å². The van der Waals surface area contributed by atoms with Crippen LogP contribution in [-0.4, -0.2) is 29.1 Å². The van der Waals surface area contributed by atoms with Gasteiger partial charge in [-0.2, -0.15) is 0 Å². The molecule has 0 aliphatic heterocycles. The molecule has 3 N–H and O–H groups in total. The second-order valence-electron chi connectivity index (χ2n) is 4.77. The molecular weight excluding hydrogens is 228 g/mol. The average Bonchev–Trinajstić information content (AvgIpc) is 2.46. The Morgan fingerprint density at radius 1 is 1.39 bits per heavy atom. The fourth-order valence-electron chi connectivity index (χ4n) is 2.47. The molecule has 0 radical (unpaired) electrons. The zero-order chi connectivity index (χ0) is 13.0. The highest BCUT2D eigenvalue weighted by molar-refractivity contribution is 5.95. The van der Waals surface area contributed by atoms with Crippen molar-refractivity contribution in [1.82, 2.24) is 4.98 Å². The summed E-state index contributed by atoms with van der Waals surface area (Å²) in [5.74, 6) is 0.930. The molecule has 0 atom stereocenters. The first-order chi connectivity index (χ1) is 8.72. The van der Waals surface area contributed by atoms with Crippen LogP contribution in [0.1, 0.15) is 37.8 Å². The number of nitrogens with two attached hydrogens (primary N) is 1. The highest BCUT2D eigenvalue weighted by Gasteiger charge is 2.19. The maximum Gasteiger partial charge on any atom is 0.188 e. The number of aromatic nitrogens is 1. The van der Waals surface area contributed by atoms with E-state index in [2.05, 4.69) is 22.1 Å². The minimum absolute atomic E-state index is 0.0499. The van der Waals surface area contributed by atoms with Crippen LogP contribution in [0.2, 0.25) is 0 Å². The van der Waals surface area contributed by atoms with E-state index >= 15 is 0 Å². The SMILES string of the molecule is CN(c1cccc(C(N)=NO)n1)C1CCCCC1. The minimum atomic E-state index is 0.0499. The van der Waals surface area contributed by atoms with Gasteiger partial charge in [0.05, 0.1) is 0 Å². The number of hydrogen-bond donors (Lipinski definition) is 2. The van der Waals surface area contributed by atoms with Gasteiger partial charge < -0.3 is 15.8 Å². The second-order valence-corrected chi connectivity index (χ2v) is 4.77. The molecular formula is C13H20N4O. The Kier molecular flexibility index (Phi) is 4.02. The normalized spacial score (nSPS) is 17.7.